The maximum absolute atomic E-state index is 12.9. The lowest BCUT2D eigenvalue weighted by Gasteiger charge is -2.19. The molecule has 3 nitrogen and oxygen atoms in total. The summed E-state index contributed by atoms with van der Waals surface area (Å²) in [7, 11) is 3.43. The minimum atomic E-state index is -4.47. The van der Waals surface area contributed by atoms with Crippen LogP contribution < -0.4 is 4.90 Å². The van der Waals surface area contributed by atoms with Crippen molar-refractivity contribution in [1.29, 1.82) is 0 Å². The first kappa shape index (κ1) is 15.3. The summed E-state index contributed by atoms with van der Waals surface area (Å²) in [6.07, 6.45) is -4.62. The van der Waals surface area contributed by atoms with E-state index < -0.39 is 23.6 Å². The number of anilines is 1. The van der Waals surface area contributed by atoms with E-state index in [0.29, 0.717) is 5.69 Å². The maximum Gasteiger partial charge on any atom is 0.416 e. The number of benzene rings is 1. The average molecular weight is 275 g/mol. The van der Waals surface area contributed by atoms with E-state index in [9.17, 15) is 18.0 Å². The number of carbonyl (C=O) groups is 1. The van der Waals surface area contributed by atoms with Gasteiger partial charge in [-0.25, -0.2) is 0 Å². The largest absolute Gasteiger partial charge is 0.481 e. The molecule has 0 saturated carbocycles. The molecule has 0 amide bonds. The third-order valence-corrected chi connectivity index (χ3v) is 2.86. The van der Waals surface area contributed by atoms with Crippen molar-refractivity contribution in [1.82, 2.24) is 0 Å². The van der Waals surface area contributed by atoms with Crippen molar-refractivity contribution in [2.24, 2.45) is 5.92 Å². The first-order chi connectivity index (χ1) is 8.62. The van der Waals surface area contributed by atoms with Crippen LogP contribution in [-0.4, -0.2) is 25.2 Å². The van der Waals surface area contributed by atoms with Gasteiger partial charge in [0.1, 0.15) is 0 Å². The summed E-state index contributed by atoms with van der Waals surface area (Å²) in [5, 5.41) is 8.82. The lowest BCUT2D eigenvalue weighted by Crippen LogP contribution is -2.18. The summed E-state index contributed by atoms with van der Waals surface area (Å²) in [5.41, 5.74) is -0.152. The van der Waals surface area contributed by atoms with Gasteiger partial charge in [-0.3, -0.25) is 4.79 Å². The molecule has 0 bridgehead atoms. The normalized spacial score (nSPS) is 13.2. The molecule has 1 rings (SSSR count). The van der Waals surface area contributed by atoms with Crippen LogP contribution in [0, 0.1) is 5.92 Å². The standard InChI is InChI=1S/C13H16F3NO2/c1-8(12(18)19)6-9-7-10(17(2)3)4-5-11(9)13(14,15)16/h4-5,7-8H,6H2,1-3H3,(H,18,19). The quantitative estimate of drug-likeness (QED) is 0.918. The van der Waals surface area contributed by atoms with Gasteiger partial charge < -0.3 is 10.0 Å². The Morgan fingerprint density at radius 1 is 1.37 bits per heavy atom. The summed E-state index contributed by atoms with van der Waals surface area (Å²) in [5.74, 6) is -1.97. The van der Waals surface area contributed by atoms with Crippen LogP contribution in [0.15, 0.2) is 18.2 Å². The number of hydrogen-bond acceptors (Lipinski definition) is 2. The predicted octanol–water partition coefficient (Wildman–Crippen LogP) is 3.03. The van der Waals surface area contributed by atoms with Gasteiger partial charge >= 0.3 is 12.1 Å². The number of carboxylic acid groups (broad SMARTS) is 1. The molecular weight excluding hydrogens is 259 g/mol. The van der Waals surface area contributed by atoms with Crippen molar-refractivity contribution >= 4 is 11.7 Å². The van der Waals surface area contributed by atoms with Crippen LogP contribution in [0.25, 0.3) is 0 Å². The second-order valence-electron chi connectivity index (χ2n) is 4.68. The van der Waals surface area contributed by atoms with E-state index in [-0.39, 0.29) is 12.0 Å². The summed E-state index contributed by atoms with van der Waals surface area (Å²) < 4.78 is 38.6. The van der Waals surface area contributed by atoms with Crippen molar-refractivity contribution in [2.45, 2.75) is 19.5 Å². The van der Waals surface area contributed by atoms with Crippen LogP contribution in [0.4, 0.5) is 18.9 Å². The highest BCUT2D eigenvalue weighted by atomic mass is 19.4. The molecule has 106 valence electrons. The zero-order valence-electron chi connectivity index (χ0n) is 11.0. The molecule has 0 aliphatic heterocycles. The molecule has 0 aromatic heterocycles. The summed E-state index contributed by atoms with van der Waals surface area (Å²) in [6.45, 7) is 1.39. The Balaban J connectivity index is 3.22. The lowest BCUT2D eigenvalue weighted by atomic mass is 9.96. The average Bonchev–Trinajstić information content (AvgIpc) is 2.27. The first-order valence-corrected chi connectivity index (χ1v) is 5.73. The van der Waals surface area contributed by atoms with Gasteiger partial charge in [0.2, 0.25) is 0 Å². The number of alkyl halides is 3. The van der Waals surface area contributed by atoms with E-state index in [1.54, 1.807) is 19.0 Å². The van der Waals surface area contributed by atoms with Crippen LogP contribution in [-0.2, 0) is 17.4 Å². The van der Waals surface area contributed by atoms with Crippen molar-refractivity contribution in [3.05, 3.63) is 29.3 Å². The molecule has 0 heterocycles. The molecule has 0 aliphatic carbocycles. The highest BCUT2D eigenvalue weighted by Crippen LogP contribution is 2.34. The van der Waals surface area contributed by atoms with Gasteiger partial charge in [-0.2, -0.15) is 13.2 Å². The van der Waals surface area contributed by atoms with E-state index in [1.807, 2.05) is 0 Å². The third-order valence-electron chi connectivity index (χ3n) is 2.86. The molecule has 0 spiro atoms. The van der Waals surface area contributed by atoms with Gasteiger partial charge in [-0.1, -0.05) is 6.92 Å². The molecule has 1 N–H and O–H groups in total. The minimum Gasteiger partial charge on any atom is -0.481 e. The fourth-order valence-electron chi connectivity index (χ4n) is 1.72. The molecule has 0 radical (unpaired) electrons. The van der Waals surface area contributed by atoms with E-state index in [0.717, 1.165) is 6.07 Å². The number of carboxylic acids is 1. The molecule has 6 heteroatoms. The number of rotatable bonds is 4. The first-order valence-electron chi connectivity index (χ1n) is 5.73. The topological polar surface area (TPSA) is 40.5 Å². The fraction of sp³-hybridized carbons (Fsp3) is 0.462. The molecular formula is C13H16F3NO2. The smallest absolute Gasteiger partial charge is 0.416 e. The number of halogens is 3. The number of hydrogen-bond donors (Lipinski definition) is 1. The molecule has 1 aromatic rings. The third kappa shape index (κ3) is 3.87. The monoisotopic (exact) mass is 275 g/mol. The number of nitrogens with zero attached hydrogens (tertiary/aromatic N) is 1. The van der Waals surface area contributed by atoms with Gasteiger partial charge in [-0.15, -0.1) is 0 Å². The Morgan fingerprint density at radius 3 is 2.37 bits per heavy atom. The predicted molar refractivity (Wildman–Crippen MR) is 66.3 cm³/mol. The van der Waals surface area contributed by atoms with Crippen LogP contribution in [0.3, 0.4) is 0 Å². The Labute approximate surface area is 109 Å². The molecule has 1 atom stereocenters. The Hall–Kier alpha value is -1.72. The Bertz CT molecular complexity index is 469. The molecule has 19 heavy (non-hydrogen) atoms. The van der Waals surface area contributed by atoms with E-state index in [1.165, 1.54) is 19.1 Å². The second-order valence-corrected chi connectivity index (χ2v) is 4.68. The van der Waals surface area contributed by atoms with E-state index >= 15 is 0 Å². The molecule has 0 fully saturated rings. The summed E-state index contributed by atoms with van der Waals surface area (Å²) in [4.78, 5) is 12.5. The van der Waals surface area contributed by atoms with Gasteiger partial charge in [0, 0.05) is 19.8 Å². The van der Waals surface area contributed by atoms with Gasteiger partial charge in [0.25, 0.3) is 0 Å². The molecule has 0 aliphatic rings. The molecule has 0 saturated heterocycles. The van der Waals surface area contributed by atoms with Crippen LogP contribution >= 0.6 is 0 Å². The van der Waals surface area contributed by atoms with Crippen molar-refractivity contribution < 1.29 is 23.1 Å². The lowest BCUT2D eigenvalue weighted by molar-refractivity contribution is -0.142. The van der Waals surface area contributed by atoms with Crippen LogP contribution in [0.2, 0.25) is 0 Å². The van der Waals surface area contributed by atoms with Crippen LogP contribution in [0.1, 0.15) is 18.1 Å². The van der Waals surface area contributed by atoms with Crippen LogP contribution in [0.5, 0.6) is 0 Å². The zero-order chi connectivity index (χ0) is 14.8. The number of aliphatic carboxylic acids is 1. The summed E-state index contributed by atoms with van der Waals surface area (Å²) in [6, 6.07) is 3.76. The van der Waals surface area contributed by atoms with Gasteiger partial charge in [-0.05, 0) is 30.2 Å². The molecule has 1 unspecified atom stereocenters. The van der Waals surface area contributed by atoms with Crippen molar-refractivity contribution in [3.8, 4) is 0 Å². The van der Waals surface area contributed by atoms with Crippen molar-refractivity contribution in [3.63, 3.8) is 0 Å². The second kappa shape index (κ2) is 5.50. The highest BCUT2D eigenvalue weighted by molar-refractivity contribution is 5.70. The van der Waals surface area contributed by atoms with Gasteiger partial charge in [0.05, 0.1) is 11.5 Å². The zero-order valence-corrected chi connectivity index (χ0v) is 11.0. The summed E-state index contributed by atoms with van der Waals surface area (Å²) >= 11 is 0. The Kier molecular flexibility index (Phi) is 4.44. The van der Waals surface area contributed by atoms with E-state index in [2.05, 4.69) is 0 Å². The van der Waals surface area contributed by atoms with E-state index in [4.69, 9.17) is 5.11 Å². The highest BCUT2D eigenvalue weighted by Gasteiger charge is 2.34. The van der Waals surface area contributed by atoms with Gasteiger partial charge in [0.15, 0.2) is 0 Å². The Morgan fingerprint density at radius 2 is 1.95 bits per heavy atom. The van der Waals surface area contributed by atoms with Crippen molar-refractivity contribution in [2.75, 3.05) is 19.0 Å². The maximum atomic E-state index is 12.9. The SMILES string of the molecule is CC(Cc1cc(N(C)C)ccc1C(F)(F)F)C(=O)O. The minimum absolute atomic E-state index is 0.00796. The molecule has 1 aromatic carbocycles. The fourth-order valence-corrected chi connectivity index (χ4v) is 1.72.